The Morgan fingerprint density at radius 3 is 2.32 bits per heavy atom. The summed E-state index contributed by atoms with van der Waals surface area (Å²) in [6.45, 7) is 1.84. The van der Waals surface area contributed by atoms with Gasteiger partial charge in [0.1, 0.15) is 11.5 Å². The quantitative estimate of drug-likeness (QED) is 0.476. The minimum atomic E-state index is -0.193. The minimum absolute atomic E-state index is 0.140. The number of carbonyl (C=O) groups excluding carboxylic acids is 2. The summed E-state index contributed by atoms with van der Waals surface area (Å²) in [6, 6.07) is 3.60. The molecular formula is C17H16N2O3. The van der Waals surface area contributed by atoms with Gasteiger partial charge in [-0.1, -0.05) is 12.2 Å². The molecule has 1 aromatic heterocycles. The lowest BCUT2D eigenvalue weighted by Gasteiger charge is -2.37. The van der Waals surface area contributed by atoms with Gasteiger partial charge in [0.25, 0.3) is 11.8 Å². The Bertz CT molecular complexity index is 711. The molecule has 2 saturated carbocycles. The Kier molecular flexibility index (Phi) is 2.23. The van der Waals surface area contributed by atoms with Crippen LogP contribution in [0.2, 0.25) is 0 Å². The highest BCUT2D eigenvalue weighted by Crippen LogP contribution is 2.65. The summed E-state index contributed by atoms with van der Waals surface area (Å²) in [5, 5.41) is 5.19. The van der Waals surface area contributed by atoms with E-state index in [0.717, 1.165) is 10.8 Å². The Labute approximate surface area is 127 Å². The van der Waals surface area contributed by atoms with Gasteiger partial charge in [0, 0.05) is 0 Å². The van der Waals surface area contributed by atoms with Crippen LogP contribution in [0.3, 0.4) is 0 Å². The van der Waals surface area contributed by atoms with Gasteiger partial charge < -0.3 is 4.42 Å². The Hall–Kier alpha value is -2.17. The van der Waals surface area contributed by atoms with Crippen LogP contribution >= 0.6 is 0 Å². The zero-order chi connectivity index (χ0) is 15.0. The molecule has 0 radical (unpaired) electrons. The highest BCUT2D eigenvalue weighted by molar-refractivity contribution is 6.06. The predicted molar refractivity (Wildman–Crippen MR) is 77.6 cm³/mol. The summed E-state index contributed by atoms with van der Waals surface area (Å²) in [5.74, 6) is 2.37. The van der Waals surface area contributed by atoms with E-state index in [1.807, 2.05) is 13.0 Å². The van der Waals surface area contributed by atoms with Crippen molar-refractivity contribution in [3.8, 4) is 0 Å². The molecule has 3 fully saturated rings. The van der Waals surface area contributed by atoms with Crippen molar-refractivity contribution in [2.45, 2.75) is 13.3 Å². The first-order valence-electron chi connectivity index (χ1n) is 7.82. The van der Waals surface area contributed by atoms with Crippen LogP contribution in [0.15, 0.2) is 33.8 Å². The SMILES string of the molecule is Cc1ccc(/C=N\N2C(=O)[C@@H]3[C@@H]4C=C[C@H]([C@H]5C[C@@H]45)[C@@H]3C2=O)o1. The maximum atomic E-state index is 12.7. The normalized spacial score (nSPS) is 41.4. The number of aryl methyl sites for hydroxylation is 1. The van der Waals surface area contributed by atoms with Crippen molar-refractivity contribution in [3.63, 3.8) is 0 Å². The van der Waals surface area contributed by atoms with E-state index in [1.54, 1.807) is 6.07 Å². The Balaban J connectivity index is 1.46. The summed E-state index contributed by atoms with van der Waals surface area (Å²) in [5.41, 5.74) is 0. The lowest BCUT2D eigenvalue weighted by Crippen LogP contribution is -2.40. The molecule has 1 aliphatic heterocycles. The van der Waals surface area contributed by atoms with Gasteiger partial charge in [0.05, 0.1) is 18.1 Å². The first kappa shape index (κ1) is 12.4. The van der Waals surface area contributed by atoms with E-state index < -0.39 is 0 Å². The van der Waals surface area contributed by atoms with Crippen molar-refractivity contribution >= 4 is 18.0 Å². The molecule has 2 bridgehead atoms. The summed E-state index contributed by atoms with van der Waals surface area (Å²) < 4.78 is 5.40. The third-order valence-corrected chi connectivity index (χ3v) is 5.70. The minimum Gasteiger partial charge on any atom is -0.460 e. The second-order valence-electron chi connectivity index (χ2n) is 6.84. The molecule has 0 N–H and O–H groups in total. The Morgan fingerprint density at radius 1 is 1.14 bits per heavy atom. The van der Waals surface area contributed by atoms with E-state index in [0.29, 0.717) is 17.6 Å². The van der Waals surface area contributed by atoms with E-state index in [1.165, 1.54) is 12.6 Å². The van der Waals surface area contributed by atoms with Crippen LogP contribution in [0, 0.1) is 42.4 Å². The molecule has 5 nitrogen and oxygen atoms in total. The summed E-state index contributed by atoms with van der Waals surface area (Å²) in [7, 11) is 0. The van der Waals surface area contributed by atoms with Crippen molar-refractivity contribution < 1.29 is 14.0 Å². The van der Waals surface area contributed by atoms with Gasteiger partial charge >= 0.3 is 0 Å². The maximum Gasteiger partial charge on any atom is 0.254 e. The first-order valence-corrected chi connectivity index (χ1v) is 7.82. The molecule has 112 valence electrons. The second kappa shape index (κ2) is 3.97. The molecule has 5 heteroatoms. The number of furan rings is 1. The molecule has 0 unspecified atom stereocenters. The van der Waals surface area contributed by atoms with Crippen LogP contribution in [0.1, 0.15) is 17.9 Å². The number of amides is 2. The molecule has 22 heavy (non-hydrogen) atoms. The van der Waals surface area contributed by atoms with Crippen LogP contribution in [0.4, 0.5) is 0 Å². The monoisotopic (exact) mass is 296 g/mol. The van der Waals surface area contributed by atoms with Gasteiger partial charge in [-0.3, -0.25) is 9.59 Å². The number of hydrogen-bond acceptors (Lipinski definition) is 4. The smallest absolute Gasteiger partial charge is 0.254 e. The summed E-state index contributed by atoms with van der Waals surface area (Å²) in [6.07, 6.45) is 6.95. The zero-order valence-corrected chi connectivity index (χ0v) is 12.2. The van der Waals surface area contributed by atoms with Crippen LogP contribution < -0.4 is 0 Å². The highest BCUT2D eigenvalue weighted by atomic mass is 16.3. The van der Waals surface area contributed by atoms with Crippen molar-refractivity contribution in [3.05, 3.63) is 35.8 Å². The average Bonchev–Trinajstić information content (AvgIpc) is 3.19. The lowest BCUT2D eigenvalue weighted by molar-refractivity contribution is -0.140. The van der Waals surface area contributed by atoms with Crippen molar-refractivity contribution in [2.24, 2.45) is 40.6 Å². The molecule has 0 aromatic carbocycles. The zero-order valence-electron chi connectivity index (χ0n) is 12.2. The van der Waals surface area contributed by atoms with Gasteiger partial charge in [-0.05, 0) is 49.1 Å². The van der Waals surface area contributed by atoms with Crippen LogP contribution in [0.5, 0.6) is 0 Å². The van der Waals surface area contributed by atoms with Gasteiger partial charge in [0.2, 0.25) is 0 Å². The molecule has 5 aliphatic rings. The predicted octanol–water partition coefficient (Wildman–Crippen LogP) is 1.98. The lowest BCUT2D eigenvalue weighted by atomic mass is 9.63. The fraction of sp³-hybridized carbons (Fsp3) is 0.471. The topological polar surface area (TPSA) is 62.9 Å². The molecule has 6 atom stereocenters. The molecule has 2 heterocycles. The van der Waals surface area contributed by atoms with Crippen molar-refractivity contribution in [1.82, 2.24) is 5.01 Å². The van der Waals surface area contributed by atoms with Crippen molar-refractivity contribution in [2.75, 3.05) is 0 Å². The molecule has 2 amide bonds. The molecule has 1 saturated heterocycles. The maximum absolute atomic E-state index is 12.7. The molecule has 0 spiro atoms. The third kappa shape index (κ3) is 1.46. The highest BCUT2D eigenvalue weighted by Gasteiger charge is 2.67. The number of rotatable bonds is 2. The van der Waals surface area contributed by atoms with E-state index in [4.69, 9.17) is 4.42 Å². The van der Waals surface area contributed by atoms with E-state index >= 15 is 0 Å². The fourth-order valence-corrected chi connectivity index (χ4v) is 4.69. The fourth-order valence-electron chi connectivity index (χ4n) is 4.69. The molecule has 1 aromatic rings. The van der Waals surface area contributed by atoms with Crippen LogP contribution in [0.25, 0.3) is 0 Å². The Morgan fingerprint density at radius 2 is 1.77 bits per heavy atom. The second-order valence-corrected chi connectivity index (χ2v) is 6.84. The molecule has 6 rings (SSSR count). The van der Waals surface area contributed by atoms with E-state index in [2.05, 4.69) is 17.3 Å². The average molecular weight is 296 g/mol. The standard InChI is InChI=1S/C17H16N2O3/c1-8-2-3-9(22-8)7-18-19-16(20)14-10-4-5-11(13-6-12(10)13)15(14)17(19)21/h2-5,7,10-15H,6H2,1H3/b18-7-/t10-,11-,12-,13+,14+,15-/m1/s1. The van der Waals surface area contributed by atoms with Gasteiger partial charge in [0.15, 0.2) is 0 Å². The number of allylic oxidation sites excluding steroid dienone is 2. The summed E-state index contributed by atoms with van der Waals surface area (Å²) in [4.78, 5) is 25.3. The van der Waals surface area contributed by atoms with Gasteiger partial charge in [-0.2, -0.15) is 10.1 Å². The number of hydrogen-bond donors (Lipinski definition) is 0. The van der Waals surface area contributed by atoms with Crippen LogP contribution in [-0.2, 0) is 9.59 Å². The number of hydrazone groups is 1. The number of carbonyl (C=O) groups is 2. The summed E-state index contributed by atoms with van der Waals surface area (Å²) >= 11 is 0. The van der Waals surface area contributed by atoms with Crippen molar-refractivity contribution in [1.29, 1.82) is 0 Å². The molecule has 4 aliphatic carbocycles. The van der Waals surface area contributed by atoms with Gasteiger partial charge in [-0.15, -0.1) is 0 Å². The van der Waals surface area contributed by atoms with E-state index in [9.17, 15) is 9.59 Å². The van der Waals surface area contributed by atoms with Crippen LogP contribution in [-0.4, -0.2) is 23.0 Å². The van der Waals surface area contributed by atoms with Gasteiger partial charge in [-0.25, -0.2) is 0 Å². The first-order chi connectivity index (χ1) is 10.6. The number of imide groups is 1. The third-order valence-electron chi connectivity index (χ3n) is 5.70. The largest absolute Gasteiger partial charge is 0.460 e. The van der Waals surface area contributed by atoms with E-state index in [-0.39, 0.29) is 35.5 Å². The number of nitrogens with zero attached hydrogens (tertiary/aromatic N) is 2. The molecular weight excluding hydrogens is 280 g/mol.